The second kappa shape index (κ2) is 4.23. The summed E-state index contributed by atoms with van der Waals surface area (Å²) in [4.78, 5) is 0. The third-order valence-corrected chi connectivity index (χ3v) is 3.33. The first-order chi connectivity index (χ1) is 5.64. The van der Waals surface area contributed by atoms with Crippen LogP contribution in [-0.4, -0.2) is 20.3 Å². The molecule has 0 aromatic carbocycles. The fraction of sp³-hybridized carbons (Fsp3) is 0.875. The van der Waals surface area contributed by atoms with Gasteiger partial charge in [-0.05, 0) is 19.3 Å². The highest BCUT2D eigenvalue weighted by molar-refractivity contribution is 7.86. The summed E-state index contributed by atoms with van der Waals surface area (Å²) in [5, 5.41) is 0. The SMILES string of the molecule is [CH2]CCS(=O)(=O)OC1CCCC1. The average molecular weight is 191 g/mol. The van der Waals surface area contributed by atoms with E-state index in [0.717, 1.165) is 25.7 Å². The summed E-state index contributed by atoms with van der Waals surface area (Å²) in [5.41, 5.74) is 0. The molecule has 0 aromatic rings. The summed E-state index contributed by atoms with van der Waals surface area (Å²) in [6.45, 7) is 3.49. The van der Waals surface area contributed by atoms with Crippen molar-refractivity contribution in [1.82, 2.24) is 0 Å². The van der Waals surface area contributed by atoms with Crippen LogP contribution in [0.1, 0.15) is 32.1 Å². The molecule has 0 amide bonds. The zero-order chi connectivity index (χ0) is 9.03. The Labute approximate surface area is 74.2 Å². The van der Waals surface area contributed by atoms with E-state index >= 15 is 0 Å². The molecule has 0 saturated heterocycles. The molecule has 1 rings (SSSR count). The minimum Gasteiger partial charge on any atom is -0.267 e. The minimum atomic E-state index is -3.28. The van der Waals surface area contributed by atoms with Crippen LogP contribution < -0.4 is 0 Å². The topological polar surface area (TPSA) is 43.4 Å². The molecule has 1 fully saturated rings. The van der Waals surface area contributed by atoms with Crippen molar-refractivity contribution in [2.75, 3.05) is 5.75 Å². The second-order valence-corrected chi connectivity index (χ2v) is 4.83. The van der Waals surface area contributed by atoms with Crippen molar-refractivity contribution < 1.29 is 12.6 Å². The van der Waals surface area contributed by atoms with Gasteiger partial charge in [-0.15, -0.1) is 0 Å². The molecule has 0 aliphatic heterocycles. The molecule has 1 aliphatic rings. The summed E-state index contributed by atoms with van der Waals surface area (Å²) >= 11 is 0. The Morgan fingerprint density at radius 2 is 1.92 bits per heavy atom. The number of rotatable bonds is 4. The van der Waals surface area contributed by atoms with E-state index in [0.29, 0.717) is 6.42 Å². The van der Waals surface area contributed by atoms with Gasteiger partial charge in [0.25, 0.3) is 10.1 Å². The molecule has 0 N–H and O–H groups in total. The van der Waals surface area contributed by atoms with Gasteiger partial charge in [0.05, 0.1) is 11.9 Å². The van der Waals surface area contributed by atoms with E-state index in [4.69, 9.17) is 4.18 Å². The van der Waals surface area contributed by atoms with Crippen LogP contribution in [0.5, 0.6) is 0 Å². The van der Waals surface area contributed by atoms with Crippen molar-refractivity contribution in [3.8, 4) is 0 Å². The van der Waals surface area contributed by atoms with E-state index in [2.05, 4.69) is 6.92 Å². The quantitative estimate of drug-likeness (QED) is 0.632. The third-order valence-electron chi connectivity index (χ3n) is 1.98. The lowest BCUT2D eigenvalue weighted by Crippen LogP contribution is -2.17. The maximum absolute atomic E-state index is 11.1. The molecule has 1 radical (unpaired) electrons. The molecule has 0 atom stereocenters. The highest BCUT2D eigenvalue weighted by Gasteiger charge is 2.21. The summed E-state index contributed by atoms with van der Waals surface area (Å²) in [6, 6.07) is 0. The molecule has 1 saturated carbocycles. The van der Waals surface area contributed by atoms with Crippen molar-refractivity contribution in [3.05, 3.63) is 6.92 Å². The summed E-state index contributed by atoms with van der Waals surface area (Å²) in [5.74, 6) is 0.0451. The van der Waals surface area contributed by atoms with Gasteiger partial charge >= 0.3 is 0 Å². The molecule has 0 bridgehead atoms. The number of hydrogen-bond acceptors (Lipinski definition) is 3. The van der Waals surface area contributed by atoms with Gasteiger partial charge in [0.15, 0.2) is 0 Å². The van der Waals surface area contributed by atoms with Gasteiger partial charge in [0.2, 0.25) is 0 Å². The Bertz CT molecular complexity index is 214. The molecule has 0 spiro atoms. The Balaban J connectivity index is 2.38. The first kappa shape index (κ1) is 9.99. The van der Waals surface area contributed by atoms with E-state index in [1.54, 1.807) is 0 Å². The molecule has 3 nitrogen and oxygen atoms in total. The third kappa shape index (κ3) is 3.11. The van der Waals surface area contributed by atoms with E-state index in [1.165, 1.54) is 0 Å². The van der Waals surface area contributed by atoms with Crippen molar-refractivity contribution in [2.45, 2.75) is 38.2 Å². The molecular weight excluding hydrogens is 176 g/mol. The smallest absolute Gasteiger partial charge is 0.267 e. The van der Waals surface area contributed by atoms with Crippen LogP contribution in [0.25, 0.3) is 0 Å². The first-order valence-electron chi connectivity index (χ1n) is 4.34. The van der Waals surface area contributed by atoms with Crippen molar-refractivity contribution in [2.24, 2.45) is 0 Å². The fourth-order valence-electron chi connectivity index (χ4n) is 1.42. The minimum absolute atomic E-state index is 0.0451. The van der Waals surface area contributed by atoms with Gasteiger partial charge in [-0.25, -0.2) is 0 Å². The van der Waals surface area contributed by atoms with E-state index in [1.807, 2.05) is 0 Å². The van der Waals surface area contributed by atoms with Gasteiger partial charge in [-0.2, -0.15) is 8.42 Å². The van der Waals surface area contributed by atoms with Gasteiger partial charge < -0.3 is 0 Å². The molecular formula is C8H15O3S. The molecule has 4 heteroatoms. The lowest BCUT2D eigenvalue weighted by molar-refractivity contribution is 0.217. The molecule has 0 heterocycles. The lowest BCUT2D eigenvalue weighted by atomic mass is 10.3. The van der Waals surface area contributed by atoms with Crippen LogP contribution in [0.2, 0.25) is 0 Å². The zero-order valence-corrected chi connectivity index (χ0v) is 7.98. The van der Waals surface area contributed by atoms with Crippen LogP contribution in [0.4, 0.5) is 0 Å². The molecule has 0 aromatic heterocycles. The molecule has 71 valence electrons. The van der Waals surface area contributed by atoms with Gasteiger partial charge in [-0.3, -0.25) is 4.18 Å². The fourth-order valence-corrected chi connectivity index (χ4v) is 2.47. The second-order valence-electron chi connectivity index (χ2n) is 3.12. The van der Waals surface area contributed by atoms with Crippen molar-refractivity contribution in [3.63, 3.8) is 0 Å². The normalized spacial score (nSPS) is 20.1. The zero-order valence-electron chi connectivity index (χ0n) is 7.16. The first-order valence-corrected chi connectivity index (χ1v) is 5.92. The molecule has 0 unspecified atom stereocenters. The summed E-state index contributed by atoms with van der Waals surface area (Å²) in [6.07, 6.45) is 4.28. The van der Waals surface area contributed by atoms with Crippen molar-refractivity contribution in [1.29, 1.82) is 0 Å². The van der Waals surface area contributed by atoms with Gasteiger partial charge in [0, 0.05) is 0 Å². The predicted octanol–water partition coefficient (Wildman–Crippen LogP) is 1.50. The molecule has 1 aliphatic carbocycles. The Hall–Kier alpha value is -0.0900. The van der Waals surface area contributed by atoms with Gasteiger partial charge in [-0.1, -0.05) is 19.8 Å². The van der Waals surface area contributed by atoms with Crippen LogP contribution >= 0.6 is 0 Å². The highest BCUT2D eigenvalue weighted by Crippen LogP contribution is 2.22. The summed E-state index contributed by atoms with van der Waals surface area (Å²) in [7, 11) is -3.28. The van der Waals surface area contributed by atoms with E-state index in [-0.39, 0.29) is 11.9 Å². The predicted molar refractivity (Wildman–Crippen MR) is 47.1 cm³/mol. The number of hydrogen-bond donors (Lipinski definition) is 0. The maximum atomic E-state index is 11.1. The van der Waals surface area contributed by atoms with Crippen LogP contribution in [0.15, 0.2) is 0 Å². The van der Waals surface area contributed by atoms with Crippen molar-refractivity contribution >= 4 is 10.1 Å². The monoisotopic (exact) mass is 191 g/mol. The largest absolute Gasteiger partial charge is 0.267 e. The van der Waals surface area contributed by atoms with E-state index in [9.17, 15) is 8.42 Å². The Kier molecular flexibility index (Phi) is 3.53. The highest BCUT2D eigenvalue weighted by atomic mass is 32.2. The molecule has 12 heavy (non-hydrogen) atoms. The van der Waals surface area contributed by atoms with E-state index < -0.39 is 10.1 Å². The lowest BCUT2D eigenvalue weighted by Gasteiger charge is -2.09. The average Bonchev–Trinajstić information content (AvgIpc) is 2.38. The summed E-state index contributed by atoms with van der Waals surface area (Å²) < 4.78 is 27.2. The van der Waals surface area contributed by atoms with Gasteiger partial charge in [0.1, 0.15) is 0 Å². The Morgan fingerprint density at radius 1 is 1.33 bits per heavy atom. The maximum Gasteiger partial charge on any atom is 0.267 e. The standard InChI is InChI=1S/C8H15O3S/c1-2-7-12(9,10)11-8-5-3-4-6-8/h8H,1-7H2. The Morgan fingerprint density at radius 3 is 2.42 bits per heavy atom. The van der Waals surface area contributed by atoms with Crippen LogP contribution in [-0.2, 0) is 14.3 Å². The van der Waals surface area contributed by atoms with Crippen LogP contribution in [0, 0.1) is 6.92 Å². The van der Waals surface area contributed by atoms with Crippen LogP contribution in [0.3, 0.4) is 0 Å².